The van der Waals surface area contributed by atoms with Crippen molar-refractivity contribution in [3.8, 4) is 0 Å². The molecule has 10 heteroatoms. The van der Waals surface area contributed by atoms with Crippen molar-refractivity contribution < 1.29 is 37.6 Å². The predicted molar refractivity (Wildman–Crippen MR) is 284 cm³/mol. The summed E-state index contributed by atoms with van der Waals surface area (Å²) in [4.78, 5) is 35.1. The van der Waals surface area contributed by atoms with Crippen molar-refractivity contribution in [1.29, 1.82) is 0 Å². The van der Waals surface area contributed by atoms with Crippen LogP contribution >= 0.6 is 7.82 Å². The largest absolute Gasteiger partial charge is 0.472 e. The van der Waals surface area contributed by atoms with Crippen molar-refractivity contribution in [2.45, 2.75) is 200 Å². The Kier molecular flexibility index (Phi) is 49.0. The van der Waals surface area contributed by atoms with E-state index in [0.29, 0.717) is 6.42 Å². The van der Waals surface area contributed by atoms with E-state index in [1.165, 1.54) is 38.5 Å². The molecule has 0 aliphatic carbocycles. The highest BCUT2D eigenvalue weighted by Crippen LogP contribution is 2.43. The maximum Gasteiger partial charge on any atom is 0.472 e. The SMILES string of the molecule is CC/C=C\C/C=C\C/C=C\C/C=C\C/C=C\C/C=C\CCCCCCC(=O)OC(COC(=O)CCCCCCCCCCCC/C=C\C/C=C\C/C=C\C/C=C\CC)COP(=O)(O)OCCN. The highest BCUT2D eigenvalue weighted by molar-refractivity contribution is 7.47. The highest BCUT2D eigenvalue weighted by atomic mass is 31.2. The number of phosphoric acid groups is 1. The van der Waals surface area contributed by atoms with E-state index in [9.17, 15) is 19.0 Å². The van der Waals surface area contributed by atoms with Crippen LogP contribution in [0.1, 0.15) is 194 Å². The quantitative estimate of drug-likeness (QED) is 0.0265. The lowest BCUT2D eigenvalue weighted by Crippen LogP contribution is -2.29. The summed E-state index contributed by atoms with van der Waals surface area (Å²) < 4.78 is 32.9. The number of esters is 2. The van der Waals surface area contributed by atoms with Gasteiger partial charge in [-0.15, -0.1) is 0 Å². The van der Waals surface area contributed by atoms with E-state index >= 15 is 0 Å². The Hall–Kier alpha value is -3.59. The van der Waals surface area contributed by atoms with Gasteiger partial charge in [0.25, 0.3) is 0 Å². The highest BCUT2D eigenvalue weighted by Gasteiger charge is 2.26. The van der Waals surface area contributed by atoms with Crippen LogP contribution in [0.2, 0.25) is 0 Å². The van der Waals surface area contributed by atoms with E-state index in [1.54, 1.807) is 0 Å². The third-order valence-corrected chi connectivity index (χ3v) is 11.3. The number of carbonyl (C=O) groups is 2. The summed E-state index contributed by atoms with van der Waals surface area (Å²) in [5, 5.41) is 0. The van der Waals surface area contributed by atoms with Crippen molar-refractivity contribution in [1.82, 2.24) is 0 Å². The van der Waals surface area contributed by atoms with Gasteiger partial charge >= 0.3 is 19.8 Å². The van der Waals surface area contributed by atoms with E-state index in [0.717, 1.165) is 122 Å². The van der Waals surface area contributed by atoms with E-state index in [4.69, 9.17) is 24.3 Å². The first-order valence-corrected chi connectivity index (χ1v) is 27.5. The number of unbranched alkanes of at least 4 members (excludes halogenated alkanes) is 14. The average Bonchev–Trinajstić information content (AvgIpc) is 3.32. The minimum Gasteiger partial charge on any atom is -0.462 e. The van der Waals surface area contributed by atoms with Crippen LogP contribution in [-0.2, 0) is 32.7 Å². The molecule has 2 atom stereocenters. The number of carbonyl (C=O) groups excluding carboxylic acids is 2. The molecule has 0 amide bonds. The molecule has 0 bridgehead atoms. The number of phosphoric ester groups is 1. The second-order valence-corrected chi connectivity index (χ2v) is 18.1. The van der Waals surface area contributed by atoms with Crippen LogP contribution in [0.15, 0.2) is 122 Å². The lowest BCUT2D eigenvalue weighted by molar-refractivity contribution is -0.161. The Morgan fingerprint density at radius 3 is 1.15 bits per heavy atom. The molecular formula is C57H94NO8P. The summed E-state index contributed by atoms with van der Waals surface area (Å²) in [6.45, 7) is 3.46. The normalized spacial score (nSPS) is 14.1. The molecule has 0 heterocycles. The second-order valence-electron chi connectivity index (χ2n) is 16.6. The minimum atomic E-state index is -4.40. The number of hydrogen-bond donors (Lipinski definition) is 2. The Bertz CT molecular complexity index is 1500. The van der Waals surface area contributed by atoms with E-state index < -0.39 is 32.5 Å². The molecular weight excluding hydrogens is 858 g/mol. The van der Waals surface area contributed by atoms with Crippen LogP contribution in [0, 0.1) is 0 Å². The molecule has 0 aliphatic rings. The molecule has 0 spiro atoms. The van der Waals surface area contributed by atoms with Crippen LogP contribution in [0.4, 0.5) is 0 Å². The van der Waals surface area contributed by atoms with Crippen LogP contribution in [0.25, 0.3) is 0 Å². The maximum atomic E-state index is 12.7. The van der Waals surface area contributed by atoms with Gasteiger partial charge in [0.2, 0.25) is 0 Å². The van der Waals surface area contributed by atoms with Crippen LogP contribution < -0.4 is 5.73 Å². The van der Waals surface area contributed by atoms with Crippen LogP contribution in [-0.4, -0.2) is 49.3 Å². The standard InChI is InChI=1S/C57H94NO8P/c1-3-5-7-9-11-13-15-17-19-21-23-25-27-29-31-33-35-37-39-41-43-45-47-49-56(59)63-53-55(54-65-67(61,62)64-52-51-58)66-57(60)50-48-46-44-42-40-38-36-34-32-30-28-26-24-22-20-18-16-14-12-10-8-6-4-2/h5-8,11-14,17-20,23-26,30,32,36,38,55H,3-4,9-10,15-16,21-22,27-29,31,33-35,37,39-54,58H2,1-2H3,(H,61,62)/b7-5-,8-6-,13-11-,14-12-,19-17-,20-18-,25-23-,26-24-,32-30-,38-36-. The van der Waals surface area contributed by atoms with Gasteiger partial charge in [-0.2, -0.15) is 0 Å². The van der Waals surface area contributed by atoms with Gasteiger partial charge in [-0.1, -0.05) is 200 Å². The topological polar surface area (TPSA) is 134 Å². The van der Waals surface area contributed by atoms with Crippen molar-refractivity contribution >= 4 is 19.8 Å². The second kappa shape index (κ2) is 51.8. The zero-order chi connectivity index (χ0) is 48.8. The van der Waals surface area contributed by atoms with Crippen molar-refractivity contribution in [3.63, 3.8) is 0 Å². The molecule has 0 aromatic rings. The molecule has 3 N–H and O–H groups in total. The molecule has 2 unspecified atom stereocenters. The zero-order valence-electron chi connectivity index (χ0n) is 42.1. The number of hydrogen-bond acceptors (Lipinski definition) is 8. The molecule has 67 heavy (non-hydrogen) atoms. The summed E-state index contributed by atoms with van der Waals surface area (Å²) in [6.07, 6.45) is 70.9. The molecule has 380 valence electrons. The zero-order valence-corrected chi connectivity index (χ0v) is 43.0. The molecule has 0 fully saturated rings. The minimum absolute atomic E-state index is 0.0412. The van der Waals surface area contributed by atoms with Gasteiger partial charge in [-0.25, -0.2) is 4.57 Å². The number of ether oxygens (including phenoxy) is 2. The predicted octanol–water partition coefficient (Wildman–Crippen LogP) is 16.1. The van der Waals surface area contributed by atoms with Crippen LogP contribution in [0.3, 0.4) is 0 Å². The molecule has 0 saturated carbocycles. The van der Waals surface area contributed by atoms with E-state index in [1.807, 2.05) is 0 Å². The number of allylic oxidation sites excluding steroid dienone is 20. The third kappa shape index (κ3) is 51.6. The lowest BCUT2D eigenvalue weighted by atomic mass is 10.1. The fraction of sp³-hybridized carbons (Fsp3) is 0.614. The first-order chi connectivity index (χ1) is 32.8. The van der Waals surface area contributed by atoms with E-state index in [-0.39, 0.29) is 32.6 Å². The fourth-order valence-electron chi connectivity index (χ4n) is 6.57. The molecule has 0 aromatic heterocycles. The first kappa shape index (κ1) is 63.4. The summed E-state index contributed by atoms with van der Waals surface area (Å²) in [6, 6.07) is 0. The van der Waals surface area contributed by atoms with Crippen molar-refractivity contribution in [2.24, 2.45) is 5.73 Å². The molecule has 9 nitrogen and oxygen atoms in total. The smallest absolute Gasteiger partial charge is 0.462 e. The van der Waals surface area contributed by atoms with Gasteiger partial charge in [-0.05, 0) is 103 Å². The van der Waals surface area contributed by atoms with Gasteiger partial charge in [0.05, 0.1) is 13.2 Å². The monoisotopic (exact) mass is 952 g/mol. The lowest BCUT2D eigenvalue weighted by Gasteiger charge is -2.19. The van der Waals surface area contributed by atoms with Crippen molar-refractivity contribution in [2.75, 3.05) is 26.4 Å². The summed E-state index contributed by atoms with van der Waals surface area (Å²) in [5.41, 5.74) is 5.37. The fourth-order valence-corrected chi connectivity index (χ4v) is 7.34. The van der Waals surface area contributed by atoms with E-state index in [2.05, 4.69) is 135 Å². The Morgan fingerprint density at radius 1 is 0.448 bits per heavy atom. The molecule has 0 saturated heterocycles. The van der Waals surface area contributed by atoms with Gasteiger partial charge in [-0.3, -0.25) is 18.6 Å². The van der Waals surface area contributed by atoms with Gasteiger partial charge < -0.3 is 20.1 Å². The summed E-state index contributed by atoms with van der Waals surface area (Å²) >= 11 is 0. The summed E-state index contributed by atoms with van der Waals surface area (Å²) in [5.74, 6) is -0.871. The summed E-state index contributed by atoms with van der Waals surface area (Å²) in [7, 11) is -4.40. The Labute approximate surface area is 409 Å². The van der Waals surface area contributed by atoms with Crippen LogP contribution in [0.5, 0.6) is 0 Å². The van der Waals surface area contributed by atoms with Gasteiger partial charge in [0, 0.05) is 19.4 Å². The number of nitrogens with two attached hydrogens (primary N) is 1. The van der Waals surface area contributed by atoms with Gasteiger partial charge in [0.15, 0.2) is 6.10 Å². The molecule has 0 aliphatic heterocycles. The number of rotatable bonds is 47. The Morgan fingerprint density at radius 2 is 0.776 bits per heavy atom. The third-order valence-electron chi connectivity index (χ3n) is 10.3. The first-order valence-electron chi connectivity index (χ1n) is 26.0. The molecule has 0 radical (unpaired) electrons. The van der Waals surface area contributed by atoms with Crippen molar-refractivity contribution in [3.05, 3.63) is 122 Å². The molecule has 0 rings (SSSR count). The maximum absolute atomic E-state index is 12.7. The van der Waals surface area contributed by atoms with Gasteiger partial charge in [0.1, 0.15) is 6.61 Å². The average molecular weight is 952 g/mol. The Balaban J connectivity index is 4.14. The molecule has 0 aromatic carbocycles.